The van der Waals surface area contributed by atoms with Crippen molar-refractivity contribution < 1.29 is 23.1 Å². The highest BCUT2D eigenvalue weighted by Gasteiger charge is 2.26. The van der Waals surface area contributed by atoms with Gasteiger partial charge in [0.2, 0.25) is 15.9 Å². The number of likely N-dealkylation sites (N-methyl/N-ethyl adjacent to an activating group) is 1. The molecule has 1 aromatic heterocycles. The summed E-state index contributed by atoms with van der Waals surface area (Å²) in [7, 11) is -2.40. The Kier molecular flexibility index (Phi) is 5.13. The number of nitrogens with zero attached hydrogens (tertiary/aromatic N) is 1. The molecule has 3 N–H and O–H groups in total. The van der Waals surface area contributed by atoms with E-state index in [1.165, 1.54) is 18.7 Å². The number of rotatable bonds is 6. The first-order valence-corrected chi connectivity index (χ1v) is 7.76. The summed E-state index contributed by atoms with van der Waals surface area (Å²) in [6, 6.07) is 0. The number of carbonyl (C=O) groups excluding carboxylic acids is 1. The Morgan fingerprint density at radius 3 is 2.33 bits per heavy atom. The second-order valence-electron chi connectivity index (χ2n) is 4.62. The summed E-state index contributed by atoms with van der Waals surface area (Å²) in [6.45, 7) is 4.73. The molecule has 0 aliphatic carbocycles. The number of hydrogen-bond donors (Lipinski definition) is 3. The predicted octanol–water partition coefficient (Wildman–Crippen LogP) is 0.0863. The topological polar surface area (TPSA) is 120 Å². The minimum atomic E-state index is -3.96. The monoisotopic (exact) mass is 317 g/mol. The average molecular weight is 317 g/mol. The summed E-state index contributed by atoms with van der Waals surface area (Å²) in [5, 5.41) is 8.98. The maximum absolute atomic E-state index is 12.2. The quantitative estimate of drug-likeness (QED) is 0.686. The SMILES string of the molecule is CCN(C)C(=O)CNS(=O)(=O)c1c(C)[nH]c(C(=O)O)c1C. The van der Waals surface area contributed by atoms with Crippen molar-refractivity contribution in [3.8, 4) is 0 Å². The number of sulfonamides is 1. The summed E-state index contributed by atoms with van der Waals surface area (Å²) in [5.74, 6) is -1.61. The highest BCUT2D eigenvalue weighted by Crippen LogP contribution is 2.22. The molecule has 0 atom stereocenters. The summed E-state index contributed by atoms with van der Waals surface area (Å²) in [6.07, 6.45) is 0. The van der Waals surface area contributed by atoms with Gasteiger partial charge in [-0.25, -0.2) is 17.9 Å². The molecule has 0 spiro atoms. The number of aromatic nitrogens is 1. The van der Waals surface area contributed by atoms with Gasteiger partial charge in [0.05, 0.1) is 6.54 Å². The van der Waals surface area contributed by atoms with Crippen LogP contribution >= 0.6 is 0 Å². The molecule has 1 rings (SSSR count). The number of H-pyrrole nitrogens is 1. The van der Waals surface area contributed by atoms with E-state index < -0.39 is 16.0 Å². The van der Waals surface area contributed by atoms with Crippen LogP contribution < -0.4 is 4.72 Å². The Labute approximate surface area is 123 Å². The Morgan fingerprint density at radius 1 is 1.33 bits per heavy atom. The number of aromatic carboxylic acids is 1. The van der Waals surface area contributed by atoms with Crippen LogP contribution in [0.4, 0.5) is 0 Å². The molecule has 1 amide bonds. The molecule has 0 radical (unpaired) electrons. The Bertz CT molecular complexity index is 663. The van der Waals surface area contributed by atoms with Crippen molar-refractivity contribution in [3.63, 3.8) is 0 Å². The third-order valence-corrected chi connectivity index (χ3v) is 4.84. The first-order valence-electron chi connectivity index (χ1n) is 6.27. The van der Waals surface area contributed by atoms with E-state index >= 15 is 0 Å². The van der Waals surface area contributed by atoms with Crippen LogP contribution in [-0.4, -0.2) is 55.4 Å². The number of amides is 1. The molecule has 8 nitrogen and oxygen atoms in total. The fourth-order valence-corrected chi connectivity index (χ4v) is 3.31. The molecular weight excluding hydrogens is 298 g/mol. The van der Waals surface area contributed by atoms with E-state index in [4.69, 9.17) is 5.11 Å². The van der Waals surface area contributed by atoms with E-state index in [1.807, 2.05) is 0 Å². The number of aryl methyl sites for hydroxylation is 1. The molecule has 0 fully saturated rings. The van der Waals surface area contributed by atoms with Crippen molar-refractivity contribution in [1.29, 1.82) is 0 Å². The lowest BCUT2D eigenvalue weighted by Crippen LogP contribution is -2.38. The molecule has 0 saturated heterocycles. The highest BCUT2D eigenvalue weighted by molar-refractivity contribution is 7.89. The van der Waals surface area contributed by atoms with E-state index in [2.05, 4.69) is 9.71 Å². The van der Waals surface area contributed by atoms with Crippen LogP contribution in [0.3, 0.4) is 0 Å². The third kappa shape index (κ3) is 3.61. The molecule has 118 valence electrons. The Morgan fingerprint density at radius 2 is 1.90 bits per heavy atom. The lowest BCUT2D eigenvalue weighted by molar-refractivity contribution is -0.128. The van der Waals surface area contributed by atoms with Gasteiger partial charge in [-0.05, 0) is 20.8 Å². The van der Waals surface area contributed by atoms with Crippen LogP contribution in [0.5, 0.6) is 0 Å². The van der Waals surface area contributed by atoms with Crippen molar-refractivity contribution in [2.45, 2.75) is 25.7 Å². The fraction of sp³-hybridized carbons (Fsp3) is 0.500. The van der Waals surface area contributed by atoms with Gasteiger partial charge in [-0.3, -0.25) is 4.79 Å². The van der Waals surface area contributed by atoms with Crippen molar-refractivity contribution in [3.05, 3.63) is 17.0 Å². The zero-order chi connectivity index (χ0) is 16.4. The number of carboxylic acids is 1. The average Bonchev–Trinajstić information content (AvgIpc) is 2.71. The first kappa shape index (κ1) is 17.2. The normalized spacial score (nSPS) is 11.4. The van der Waals surface area contributed by atoms with E-state index in [1.54, 1.807) is 14.0 Å². The molecule has 0 aliphatic heterocycles. The summed E-state index contributed by atoms with van der Waals surface area (Å²) in [5.41, 5.74) is 0.155. The third-order valence-electron chi connectivity index (χ3n) is 3.16. The summed E-state index contributed by atoms with van der Waals surface area (Å²) < 4.78 is 26.7. The number of carbonyl (C=O) groups is 2. The van der Waals surface area contributed by atoms with Crippen molar-refractivity contribution >= 4 is 21.9 Å². The molecule has 0 bridgehead atoms. The summed E-state index contributed by atoms with van der Waals surface area (Å²) >= 11 is 0. The molecule has 21 heavy (non-hydrogen) atoms. The first-order chi connectivity index (χ1) is 9.61. The second-order valence-corrected chi connectivity index (χ2v) is 6.32. The van der Waals surface area contributed by atoms with Gasteiger partial charge in [-0.15, -0.1) is 0 Å². The number of carboxylic acid groups (broad SMARTS) is 1. The van der Waals surface area contributed by atoms with Crippen LogP contribution in [0.1, 0.15) is 28.7 Å². The predicted molar refractivity (Wildman–Crippen MR) is 75.7 cm³/mol. The molecule has 9 heteroatoms. The van der Waals surface area contributed by atoms with Gasteiger partial charge >= 0.3 is 5.97 Å². The fourth-order valence-electron chi connectivity index (χ4n) is 1.89. The van der Waals surface area contributed by atoms with Gasteiger partial charge < -0.3 is 15.0 Å². The number of aromatic amines is 1. The highest BCUT2D eigenvalue weighted by atomic mass is 32.2. The van der Waals surface area contributed by atoms with Crippen molar-refractivity contribution in [2.75, 3.05) is 20.1 Å². The van der Waals surface area contributed by atoms with E-state index in [9.17, 15) is 18.0 Å². The molecule has 1 heterocycles. The molecular formula is C12H19N3O5S. The maximum Gasteiger partial charge on any atom is 0.352 e. The molecule has 0 saturated carbocycles. The Balaban J connectivity index is 3.05. The minimum Gasteiger partial charge on any atom is -0.477 e. The van der Waals surface area contributed by atoms with Crippen LogP contribution in [0.15, 0.2) is 4.90 Å². The van der Waals surface area contributed by atoms with Gasteiger partial charge in [0.15, 0.2) is 0 Å². The second kappa shape index (κ2) is 6.27. The zero-order valence-electron chi connectivity index (χ0n) is 12.3. The smallest absolute Gasteiger partial charge is 0.352 e. The van der Waals surface area contributed by atoms with Gasteiger partial charge in [0.1, 0.15) is 10.6 Å². The summed E-state index contributed by atoms with van der Waals surface area (Å²) in [4.78, 5) is 26.4. The molecule has 0 unspecified atom stereocenters. The van der Waals surface area contributed by atoms with E-state index in [0.29, 0.717) is 6.54 Å². The van der Waals surface area contributed by atoms with Gasteiger partial charge in [0, 0.05) is 24.8 Å². The number of hydrogen-bond acceptors (Lipinski definition) is 4. The van der Waals surface area contributed by atoms with Gasteiger partial charge in [0.25, 0.3) is 0 Å². The minimum absolute atomic E-state index is 0.115. The van der Waals surface area contributed by atoms with E-state index in [0.717, 1.165) is 0 Å². The van der Waals surface area contributed by atoms with Crippen molar-refractivity contribution in [1.82, 2.24) is 14.6 Å². The van der Waals surface area contributed by atoms with Gasteiger partial charge in [-0.1, -0.05) is 0 Å². The maximum atomic E-state index is 12.2. The standard InChI is InChI=1S/C12H19N3O5S/c1-5-15(4)9(16)6-13-21(19,20)11-7(2)10(12(17)18)14-8(11)3/h13-14H,5-6H2,1-4H3,(H,17,18). The van der Waals surface area contributed by atoms with E-state index in [-0.39, 0.29) is 34.3 Å². The van der Waals surface area contributed by atoms with Crippen LogP contribution in [0, 0.1) is 13.8 Å². The molecule has 0 aliphatic rings. The Hall–Kier alpha value is -1.87. The molecule has 1 aromatic rings. The number of nitrogens with one attached hydrogen (secondary N) is 2. The molecule has 0 aromatic carbocycles. The van der Waals surface area contributed by atoms with Crippen molar-refractivity contribution in [2.24, 2.45) is 0 Å². The van der Waals surface area contributed by atoms with Crippen LogP contribution in [0.25, 0.3) is 0 Å². The largest absolute Gasteiger partial charge is 0.477 e. The lowest BCUT2D eigenvalue weighted by Gasteiger charge is -2.15. The lowest BCUT2D eigenvalue weighted by atomic mass is 10.2. The van der Waals surface area contributed by atoms with Crippen LogP contribution in [-0.2, 0) is 14.8 Å². The van der Waals surface area contributed by atoms with Gasteiger partial charge in [-0.2, -0.15) is 0 Å². The zero-order valence-corrected chi connectivity index (χ0v) is 13.2. The van der Waals surface area contributed by atoms with Crippen LogP contribution in [0.2, 0.25) is 0 Å².